The van der Waals surface area contributed by atoms with Crippen LogP contribution in [0.25, 0.3) is 10.9 Å². The molecule has 0 aliphatic heterocycles. The quantitative estimate of drug-likeness (QED) is 0.444. The van der Waals surface area contributed by atoms with Crippen LogP contribution in [-0.4, -0.2) is 4.98 Å². The highest BCUT2D eigenvalue weighted by Gasteiger charge is 2.26. The SMILES string of the molecule is Nc1nc2c(F)c(F)c(F)c(F)c2c(F)c1F. The Bertz CT molecular complexity index is 631. The number of hydrogen-bond acceptors (Lipinski definition) is 2. The van der Waals surface area contributed by atoms with Crippen molar-refractivity contribution >= 4 is 16.7 Å². The molecular weight excluding hydrogens is 250 g/mol. The third-order valence-corrected chi connectivity index (χ3v) is 2.11. The number of benzene rings is 1. The predicted octanol–water partition coefficient (Wildman–Crippen LogP) is 2.65. The molecule has 0 atom stereocenters. The van der Waals surface area contributed by atoms with Crippen LogP contribution in [0.3, 0.4) is 0 Å². The molecule has 0 aliphatic carbocycles. The lowest BCUT2D eigenvalue weighted by Crippen LogP contribution is -2.06. The Morgan fingerprint density at radius 2 is 1.12 bits per heavy atom. The fraction of sp³-hybridized carbons (Fsp3) is 0. The van der Waals surface area contributed by atoms with E-state index in [0.717, 1.165) is 0 Å². The maximum absolute atomic E-state index is 13.2. The summed E-state index contributed by atoms with van der Waals surface area (Å²) >= 11 is 0. The van der Waals surface area contributed by atoms with Gasteiger partial charge in [0.25, 0.3) is 0 Å². The Balaban J connectivity index is 3.12. The van der Waals surface area contributed by atoms with Gasteiger partial charge in [0.1, 0.15) is 5.52 Å². The number of aromatic nitrogens is 1. The molecule has 0 aliphatic rings. The van der Waals surface area contributed by atoms with Crippen LogP contribution in [-0.2, 0) is 0 Å². The number of fused-ring (bicyclic) bond motifs is 1. The van der Waals surface area contributed by atoms with Gasteiger partial charge in [0.2, 0.25) is 5.82 Å². The molecular formula is C9H2F6N2. The number of pyridine rings is 1. The second-order valence-electron chi connectivity index (χ2n) is 3.10. The Morgan fingerprint density at radius 1 is 0.647 bits per heavy atom. The van der Waals surface area contributed by atoms with E-state index in [0.29, 0.717) is 0 Å². The summed E-state index contributed by atoms with van der Waals surface area (Å²) < 4.78 is 78.0. The maximum atomic E-state index is 13.2. The second kappa shape index (κ2) is 3.51. The predicted molar refractivity (Wildman–Crippen MR) is 45.9 cm³/mol. The summed E-state index contributed by atoms with van der Waals surface area (Å²) in [6, 6.07) is 0. The summed E-state index contributed by atoms with van der Waals surface area (Å²) in [6.45, 7) is 0. The fourth-order valence-corrected chi connectivity index (χ4v) is 1.32. The maximum Gasteiger partial charge on any atom is 0.201 e. The smallest absolute Gasteiger partial charge is 0.201 e. The zero-order valence-corrected chi connectivity index (χ0v) is 7.79. The molecule has 1 heterocycles. The minimum atomic E-state index is -2.25. The van der Waals surface area contributed by atoms with E-state index in [2.05, 4.69) is 4.98 Å². The minimum absolute atomic E-state index is 1.08. The standard InChI is InChI=1S/C9H2F6N2/c10-2-1-3(11)7(15)9(16)17-8(1)6(14)5(13)4(2)12/h(H2,16,17). The van der Waals surface area contributed by atoms with Crippen LogP contribution in [0.5, 0.6) is 0 Å². The van der Waals surface area contributed by atoms with Crippen LogP contribution < -0.4 is 5.73 Å². The van der Waals surface area contributed by atoms with Crippen LogP contribution in [0.4, 0.5) is 32.2 Å². The van der Waals surface area contributed by atoms with Crippen molar-refractivity contribution in [2.24, 2.45) is 0 Å². The van der Waals surface area contributed by atoms with Crippen LogP contribution in [0.2, 0.25) is 0 Å². The monoisotopic (exact) mass is 252 g/mol. The summed E-state index contributed by atoms with van der Waals surface area (Å²) in [5.74, 6) is -13.2. The molecule has 2 rings (SSSR count). The highest BCUT2D eigenvalue weighted by molar-refractivity contribution is 5.82. The minimum Gasteiger partial charge on any atom is -0.381 e. The molecule has 8 heteroatoms. The van der Waals surface area contributed by atoms with Gasteiger partial charge in [-0.25, -0.2) is 26.9 Å². The molecule has 0 saturated heterocycles. The lowest BCUT2D eigenvalue weighted by atomic mass is 10.1. The number of nitrogens with two attached hydrogens (primary N) is 1. The van der Waals surface area contributed by atoms with E-state index in [9.17, 15) is 26.3 Å². The molecule has 0 amide bonds. The van der Waals surface area contributed by atoms with Gasteiger partial charge in [-0.3, -0.25) is 0 Å². The van der Waals surface area contributed by atoms with Crippen molar-refractivity contribution in [1.29, 1.82) is 0 Å². The van der Waals surface area contributed by atoms with Gasteiger partial charge in [0.15, 0.2) is 34.9 Å². The molecule has 17 heavy (non-hydrogen) atoms. The van der Waals surface area contributed by atoms with Crippen molar-refractivity contribution in [2.75, 3.05) is 5.73 Å². The van der Waals surface area contributed by atoms with Crippen LogP contribution in [0.1, 0.15) is 0 Å². The first-order valence-electron chi connectivity index (χ1n) is 4.12. The normalized spacial score (nSPS) is 11.2. The molecule has 2 nitrogen and oxygen atoms in total. The zero-order valence-electron chi connectivity index (χ0n) is 7.79. The number of nitrogen functional groups attached to an aromatic ring is 1. The Hall–Kier alpha value is -1.99. The first-order valence-corrected chi connectivity index (χ1v) is 4.12. The number of rotatable bonds is 0. The number of halogens is 6. The van der Waals surface area contributed by atoms with Gasteiger partial charge in [0.05, 0.1) is 5.39 Å². The summed E-state index contributed by atoms with van der Waals surface area (Å²) in [5, 5.41) is -1.42. The summed E-state index contributed by atoms with van der Waals surface area (Å²) in [4.78, 5) is 2.94. The van der Waals surface area contributed by atoms with Gasteiger partial charge in [-0.15, -0.1) is 0 Å². The molecule has 0 unspecified atom stereocenters. The Morgan fingerprint density at radius 3 is 1.71 bits per heavy atom. The molecule has 2 aromatic rings. The van der Waals surface area contributed by atoms with Crippen molar-refractivity contribution in [1.82, 2.24) is 4.98 Å². The third kappa shape index (κ3) is 1.40. The van der Waals surface area contributed by atoms with E-state index in [4.69, 9.17) is 5.73 Å². The molecule has 0 fully saturated rings. The largest absolute Gasteiger partial charge is 0.381 e. The molecule has 1 aromatic carbocycles. The van der Waals surface area contributed by atoms with Gasteiger partial charge in [-0.2, -0.15) is 4.39 Å². The molecule has 0 saturated carbocycles. The molecule has 1 aromatic heterocycles. The van der Waals surface area contributed by atoms with E-state index >= 15 is 0 Å². The zero-order chi connectivity index (χ0) is 12.9. The Kier molecular flexibility index (Phi) is 2.37. The highest BCUT2D eigenvalue weighted by atomic mass is 19.2. The van der Waals surface area contributed by atoms with Gasteiger partial charge in [0, 0.05) is 0 Å². The summed E-state index contributed by atoms with van der Waals surface area (Å²) in [6.07, 6.45) is 0. The molecule has 90 valence electrons. The number of anilines is 1. The summed E-state index contributed by atoms with van der Waals surface area (Å²) in [7, 11) is 0. The van der Waals surface area contributed by atoms with Crippen molar-refractivity contribution < 1.29 is 26.3 Å². The van der Waals surface area contributed by atoms with Crippen LogP contribution in [0.15, 0.2) is 0 Å². The lowest BCUT2D eigenvalue weighted by molar-refractivity contribution is 0.413. The molecule has 0 radical (unpaired) electrons. The van der Waals surface area contributed by atoms with Crippen LogP contribution >= 0.6 is 0 Å². The summed E-state index contributed by atoms with van der Waals surface area (Å²) in [5.41, 5.74) is 3.65. The topological polar surface area (TPSA) is 38.9 Å². The van der Waals surface area contributed by atoms with Gasteiger partial charge in [-0.05, 0) is 0 Å². The molecule has 0 spiro atoms. The van der Waals surface area contributed by atoms with Gasteiger partial charge >= 0.3 is 0 Å². The van der Waals surface area contributed by atoms with E-state index in [1.165, 1.54) is 0 Å². The highest BCUT2D eigenvalue weighted by Crippen LogP contribution is 2.30. The first-order chi connectivity index (χ1) is 7.86. The van der Waals surface area contributed by atoms with E-state index in [1.54, 1.807) is 0 Å². The Labute approximate surface area is 89.7 Å². The third-order valence-electron chi connectivity index (χ3n) is 2.11. The molecule has 0 bridgehead atoms. The number of nitrogens with zero attached hydrogens (tertiary/aromatic N) is 1. The van der Waals surface area contributed by atoms with Gasteiger partial charge in [-0.1, -0.05) is 0 Å². The van der Waals surface area contributed by atoms with Crippen molar-refractivity contribution in [3.63, 3.8) is 0 Å². The van der Waals surface area contributed by atoms with Crippen LogP contribution in [0, 0.1) is 34.9 Å². The van der Waals surface area contributed by atoms with Gasteiger partial charge < -0.3 is 5.73 Å². The average molecular weight is 252 g/mol. The lowest BCUT2D eigenvalue weighted by Gasteiger charge is -2.06. The number of hydrogen-bond donors (Lipinski definition) is 1. The van der Waals surface area contributed by atoms with E-state index in [1.807, 2.05) is 0 Å². The average Bonchev–Trinajstić information content (AvgIpc) is 2.30. The fourth-order valence-electron chi connectivity index (χ4n) is 1.32. The second-order valence-corrected chi connectivity index (χ2v) is 3.10. The molecule has 2 N–H and O–H groups in total. The van der Waals surface area contributed by atoms with E-state index in [-0.39, 0.29) is 0 Å². The first kappa shape index (κ1) is 11.5. The van der Waals surface area contributed by atoms with Crippen molar-refractivity contribution in [3.05, 3.63) is 34.9 Å². The van der Waals surface area contributed by atoms with E-state index < -0.39 is 51.6 Å². The van der Waals surface area contributed by atoms with Crippen molar-refractivity contribution in [3.8, 4) is 0 Å². The van der Waals surface area contributed by atoms with Crippen molar-refractivity contribution in [2.45, 2.75) is 0 Å².